The fourth-order valence-electron chi connectivity index (χ4n) is 5.56. The number of nitrogens with zero attached hydrogens (tertiary/aromatic N) is 2. The average molecular weight is 555 g/mol. The Bertz CT molecular complexity index is 1520. The Morgan fingerprint density at radius 2 is 1.33 bits per heavy atom. The quantitative estimate of drug-likeness (QED) is 0.207. The van der Waals surface area contributed by atoms with Crippen molar-refractivity contribution in [3.8, 4) is 5.88 Å². The third-order valence-corrected chi connectivity index (χ3v) is 8.04. The Kier molecular flexibility index (Phi) is 7.32. The van der Waals surface area contributed by atoms with Crippen LogP contribution >= 0.6 is 23.2 Å². The van der Waals surface area contributed by atoms with Gasteiger partial charge in [0, 0.05) is 57.9 Å². The van der Waals surface area contributed by atoms with Crippen LogP contribution in [0, 0.1) is 0 Å². The largest absolute Gasteiger partial charge is 0.493 e. The summed E-state index contributed by atoms with van der Waals surface area (Å²) >= 11 is 12.4. The van der Waals surface area contributed by atoms with E-state index in [-0.39, 0.29) is 11.8 Å². The molecule has 0 radical (unpaired) electrons. The molecular formula is C33H29Cl2N3O. The molecule has 1 saturated heterocycles. The molecule has 1 aromatic heterocycles. The number of pyridine rings is 1. The lowest BCUT2D eigenvalue weighted by Crippen LogP contribution is -2.39. The third-order valence-electron chi connectivity index (χ3n) is 7.54. The van der Waals surface area contributed by atoms with E-state index in [1.54, 1.807) is 6.07 Å². The Labute approximate surface area is 238 Å². The highest BCUT2D eigenvalue weighted by molar-refractivity contribution is 6.30. The number of rotatable bonds is 6. The van der Waals surface area contributed by atoms with E-state index >= 15 is 0 Å². The maximum atomic E-state index is 10.4. The molecule has 1 aliphatic heterocycles. The van der Waals surface area contributed by atoms with Gasteiger partial charge in [-0.05, 0) is 78.1 Å². The SMILES string of the molecule is Oc1cc(NC2CCN(c3ccccc3)CC2)c2cc(C(c3ccc(Cl)cc3)c3ccc(Cl)cc3)ccc2n1. The van der Waals surface area contributed by atoms with Crippen molar-refractivity contribution in [3.05, 3.63) is 130 Å². The van der Waals surface area contributed by atoms with Crippen LogP contribution in [0.1, 0.15) is 35.4 Å². The van der Waals surface area contributed by atoms with E-state index in [9.17, 15) is 5.11 Å². The molecular weight excluding hydrogens is 525 g/mol. The summed E-state index contributed by atoms with van der Waals surface area (Å²) in [6.45, 7) is 1.97. The molecule has 6 heteroatoms. The van der Waals surface area contributed by atoms with Crippen molar-refractivity contribution < 1.29 is 5.11 Å². The molecule has 4 nitrogen and oxygen atoms in total. The lowest BCUT2D eigenvalue weighted by atomic mass is 9.84. The molecule has 0 amide bonds. The van der Waals surface area contributed by atoms with Crippen LogP contribution in [-0.2, 0) is 0 Å². The summed E-state index contributed by atoms with van der Waals surface area (Å²) in [5.74, 6) is 0.00567. The van der Waals surface area contributed by atoms with Crippen LogP contribution in [0.15, 0.2) is 103 Å². The van der Waals surface area contributed by atoms with E-state index in [4.69, 9.17) is 23.2 Å². The number of piperidine rings is 1. The average Bonchev–Trinajstić information content (AvgIpc) is 2.96. The molecule has 5 aromatic rings. The molecule has 0 saturated carbocycles. The number of aromatic hydroxyl groups is 1. The first-order chi connectivity index (χ1) is 19.0. The summed E-state index contributed by atoms with van der Waals surface area (Å²) < 4.78 is 0. The molecule has 0 bridgehead atoms. The Hall–Kier alpha value is -3.73. The standard InChI is InChI=1S/C33H29Cl2N3O/c34-25-11-6-22(7-12-25)33(23-8-13-26(35)14-9-23)24-10-15-30-29(20-24)31(21-32(39)37-30)36-27-16-18-38(19-17-27)28-4-2-1-3-5-28/h1-15,20-21,27,33H,16-19H2,(H2,36,37,39). The Morgan fingerprint density at radius 1 is 0.744 bits per heavy atom. The van der Waals surface area contributed by atoms with E-state index in [1.807, 2.05) is 30.3 Å². The number of hydrogen-bond donors (Lipinski definition) is 2. The molecule has 196 valence electrons. The summed E-state index contributed by atoms with van der Waals surface area (Å²) in [5, 5.41) is 16.6. The highest BCUT2D eigenvalue weighted by Gasteiger charge is 2.22. The molecule has 2 N–H and O–H groups in total. The summed E-state index contributed by atoms with van der Waals surface area (Å²) in [6, 6.07) is 34.9. The fourth-order valence-corrected chi connectivity index (χ4v) is 5.81. The monoisotopic (exact) mass is 553 g/mol. The van der Waals surface area contributed by atoms with E-state index in [2.05, 4.69) is 81.9 Å². The van der Waals surface area contributed by atoms with E-state index < -0.39 is 0 Å². The summed E-state index contributed by atoms with van der Waals surface area (Å²) in [5.41, 5.74) is 6.33. The van der Waals surface area contributed by atoms with Gasteiger partial charge in [0.05, 0.1) is 5.52 Å². The summed E-state index contributed by atoms with van der Waals surface area (Å²) in [6.07, 6.45) is 2.02. The molecule has 0 aliphatic carbocycles. The number of fused-ring (bicyclic) bond motifs is 1. The number of anilines is 2. The van der Waals surface area contributed by atoms with Gasteiger partial charge in [-0.1, -0.05) is 71.7 Å². The topological polar surface area (TPSA) is 48.4 Å². The molecule has 4 aromatic carbocycles. The van der Waals surface area contributed by atoms with Crippen LogP contribution in [-0.4, -0.2) is 29.2 Å². The number of aromatic nitrogens is 1. The Morgan fingerprint density at radius 3 is 1.95 bits per heavy atom. The number of nitrogens with one attached hydrogen (secondary N) is 1. The van der Waals surface area contributed by atoms with Crippen LogP contribution in [0.5, 0.6) is 5.88 Å². The highest BCUT2D eigenvalue weighted by Crippen LogP contribution is 2.37. The van der Waals surface area contributed by atoms with Crippen LogP contribution in [0.2, 0.25) is 10.0 Å². The lowest BCUT2D eigenvalue weighted by Gasteiger charge is -2.34. The van der Waals surface area contributed by atoms with Crippen molar-refractivity contribution in [1.82, 2.24) is 4.98 Å². The van der Waals surface area contributed by atoms with Crippen LogP contribution in [0.4, 0.5) is 11.4 Å². The smallest absolute Gasteiger partial charge is 0.213 e. The van der Waals surface area contributed by atoms with Crippen molar-refractivity contribution in [3.63, 3.8) is 0 Å². The maximum absolute atomic E-state index is 10.4. The van der Waals surface area contributed by atoms with E-state index in [0.717, 1.165) is 59.2 Å². The molecule has 0 atom stereocenters. The minimum Gasteiger partial charge on any atom is -0.493 e. The van der Waals surface area contributed by atoms with Gasteiger partial charge in [0.1, 0.15) is 0 Å². The molecule has 1 fully saturated rings. The number of benzene rings is 4. The molecule has 0 spiro atoms. The predicted octanol–water partition coefficient (Wildman–Crippen LogP) is 8.51. The van der Waals surface area contributed by atoms with Crippen LogP contribution < -0.4 is 10.2 Å². The molecule has 6 rings (SSSR count). The summed E-state index contributed by atoms with van der Waals surface area (Å²) in [7, 11) is 0. The van der Waals surface area contributed by atoms with Crippen molar-refractivity contribution in [2.45, 2.75) is 24.8 Å². The zero-order valence-electron chi connectivity index (χ0n) is 21.4. The van der Waals surface area contributed by atoms with Crippen molar-refractivity contribution >= 4 is 45.5 Å². The van der Waals surface area contributed by atoms with Gasteiger partial charge in [0.25, 0.3) is 0 Å². The second-order valence-corrected chi connectivity index (χ2v) is 11.0. The molecule has 39 heavy (non-hydrogen) atoms. The van der Waals surface area contributed by atoms with Gasteiger partial charge in [-0.3, -0.25) is 0 Å². The molecule has 0 unspecified atom stereocenters. The van der Waals surface area contributed by atoms with Crippen molar-refractivity contribution in [1.29, 1.82) is 0 Å². The normalized spacial score (nSPS) is 14.2. The number of para-hydroxylation sites is 1. The van der Waals surface area contributed by atoms with Gasteiger partial charge in [0.15, 0.2) is 0 Å². The minimum absolute atomic E-state index is 0.0142. The Balaban J connectivity index is 1.33. The van der Waals surface area contributed by atoms with Crippen molar-refractivity contribution in [2.75, 3.05) is 23.3 Å². The third kappa shape index (κ3) is 5.68. The first-order valence-corrected chi connectivity index (χ1v) is 14.0. The first kappa shape index (κ1) is 25.5. The minimum atomic E-state index is -0.0142. The van der Waals surface area contributed by atoms with E-state index in [0.29, 0.717) is 16.1 Å². The second kappa shape index (κ2) is 11.2. The van der Waals surface area contributed by atoms with E-state index in [1.165, 1.54) is 5.69 Å². The fraction of sp³-hybridized carbons (Fsp3) is 0.182. The van der Waals surface area contributed by atoms with Gasteiger partial charge >= 0.3 is 0 Å². The van der Waals surface area contributed by atoms with Gasteiger partial charge in [-0.25, -0.2) is 4.98 Å². The van der Waals surface area contributed by atoms with Gasteiger partial charge in [-0.15, -0.1) is 0 Å². The lowest BCUT2D eigenvalue weighted by molar-refractivity contribution is 0.455. The maximum Gasteiger partial charge on any atom is 0.213 e. The van der Waals surface area contributed by atoms with Crippen LogP contribution in [0.3, 0.4) is 0 Å². The van der Waals surface area contributed by atoms with Gasteiger partial charge in [0.2, 0.25) is 5.88 Å². The first-order valence-electron chi connectivity index (χ1n) is 13.2. The number of hydrogen-bond acceptors (Lipinski definition) is 4. The predicted molar refractivity (Wildman–Crippen MR) is 163 cm³/mol. The van der Waals surface area contributed by atoms with Gasteiger partial charge < -0.3 is 15.3 Å². The highest BCUT2D eigenvalue weighted by atomic mass is 35.5. The zero-order valence-corrected chi connectivity index (χ0v) is 22.9. The van der Waals surface area contributed by atoms with Crippen molar-refractivity contribution in [2.24, 2.45) is 0 Å². The summed E-state index contributed by atoms with van der Waals surface area (Å²) in [4.78, 5) is 6.85. The molecule has 2 heterocycles. The second-order valence-electron chi connectivity index (χ2n) is 10.1. The number of halogens is 2. The zero-order chi connectivity index (χ0) is 26.8. The van der Waals surface area contributed by atoms with Gasteiger partial charge in [-0.2, -0.15) is 0 Å². The van der Waals surface area contributed by atoms with Crippen LogP contribution in [0.25, 0.3) is 10.9 Å². The molecule has 1 aliphatic rings.